The number of methoxy groups -OCH3 is 1. The fraction of sp³-hybridized carbons (Fsp3) is 0.409. The Hall–Kier alpha value is -1.95. The fourth-order valence-electron chi connectivity index (χ4n) is 4.86. The Morgan fingerprint density at radius 1 is 1.26 bits per heavy atom. The van der Waals surface area contributed by atoms with Crippen LogP contribution in [0.1, 0.15) is 28.6 Å². The van der Waals surface area contributed by atoms with Crippen molar-refractivity contribution in [2.75, 3.05) is 20.2 Å². The highest BCUT2D eigenvalue weighted by Crippen LogP contribution is 2.42. The molecular weight excluding hydrogens is 354 g/mol. The summed E-state index contributed by atoms with van der Waals surface area (Å²) in [6.07, 6.45) is 1.29. The van der Waals surface area contributed by atoms with Crippen molar-refractivity contribution in [3.63, 3.8) is 0 Å². The summed E-state index contributed by atoms with van der Waals surface area (Å²) >= 11 is 1.72. The SMILES string of the molecule is COc1cc2sc(C)nc2cc1CNC1C2CCN(C2)C1c1ccccc1. The van der Waals surface area contributed by atoms with E-state index in [1.54, 1.807) is 18.4 Å². The molecule has 27 heavy (non-hydrogen) atoms. The number of aromatic nitrogens is 1. The van der Waals surface area contributed by atoms with Crippen molar-refractivity contribution >= 4 is 21.6 Å². The number of nitrogens with one attached hydrogen (secondary N) is 1. The summed E-state index contributed by atoms with van der Waals surface area (Å²) < 4.78 is 6.88. The third-order valence-electron chi connectivity index (χ3n) is 6.06. The summed E-state index contributed by atoms with van der Waals surface area (Å²) in [7, 11) is 1.76. The van der Waals surface area contributed by atoms with Crippen molar-refractivity contribution in [2.24, 2.45) is 5.92 Å². The highest BCUT2D eigenvalue weighted by atomic mass is 32.1. The average Bonchev–Trinajstić information content (AvgIpc) is 3.39. The first-order chi connectivity index (χ1) is 13.2. The molecule has 5 heteroatoms. The average molecular weight is 380 g/mol. The Balaban J connectivity index is 1.41. The predicted octanol–water partition coefficient (Wildman–Crippen LogP) is 4.15. The van der Waals surface area contributed by atoms with E-state index in [1.807, 2.05) is 0 Å². The van der Waals surface area contributed by atoms with Crippen molar-refractivity contribution in [3.05, 3.63) is 58.6 Å². The first-order valence-electron chi connectivity index (χ1n) is 9.69. The molecule has 3 aromatic rings. The summed E-state index contributed by atoms with van der Waals surface area (Å²) in [5.74, 6) is 1.69. The minimum atomic E-state index is 0.473. The maximum absolute atomic E-state index is 5.68. The normalized spacial score (nSPS) is 26.7. The van der Waals surface area contributed by atoms with Crippen LogP contribution in [0.3, 0.4) is 0 Å². The molecule has 0 saturated carbocycles. The Morgan fingerprint density at radius 3 is 2.93 bits per heavy atom. The predicted molar refractivity (Wildman–Crippen MR) is 110 cm³/mol. The number of rotatable bonds is 5. The fourth-order valence-corrected chi connectivity index (χ4v) is 5.70. The molecule has 0 amide bonds. The van der Waals surface area contributed by atoms with Crippen molar-refractivity contribution < 1.29 is 4.74 Å². The van der Waals surface area contributed by atoms with E-state index >= 15 is 0 Å². The van der Waals surface area contributed by atoms with Crippen molar-refractivity contribution in [3.8, 4) is 5.75 Å². The Morgan fingerprint density at radius 2 is 2.11 bits per heavy atom. The van der Waals surface area contributed by atoms with Crippen LogP contribution in [0.15, 0.2) is 42.5 Å². The van der Waals surface area contributed by atoms with Gasteiger partial charge in [0.25, 0.3) is 0 Å². The molecule has 140 valence electrons. The van der Waals surface area contributed by atoms with Crippen molar-refractivity contribution in [1.82, 2.24) is 15.2 Å². The van der Waals surface area contributed by atoms with Gasteiger partial charge in [0, 0.05) is 24.7 Å². The molecule has 2 saturated heterocycles. The molecule has 2 bridgehead atoms. The van der Waals surface area contributed by atoms with Crippen LogP contribution in [0.2, 0.25) is 0 Å². The Bertz CT molecular complexity index is 955. The lowest BCUT2D eigenvalue weighted by Crippen LogP contribution is -2.42. The van der Waals surface area contributed by atoms with Gasteiger partial charge in [-0.15, -0.1) is 11.3 Å². The van der Waals surface area contributed by atoms with Crippen molar-refractivity contribution in [2.45, 2.75) is 32.0 Å². The molecule has 0 aliphatic carbocycles. The number of ether oxygens (including phenoxy) is 1. The van der Waals surface area contributed by atoms with E-state index in [4.69, 9.17) is 4.74 Å². The molecule has 2 fully saturated rings. The van der Waals surface area contributed by atoms with E-state index in [2.05, 4.69) is 64.6 Å². The molecule has 3 heterocycles. The number of nitrogens with zero attached hydrogens (tertiary/aromatic N) is 2. The standard InChI is InChI=1S/C22H25N3OS/c1-14-24-18-10-17(19(26-2)11-20(18)27-14)12-23-21-16-8-9-25(13-16)22(21)15-6-4-3-5-7-15/h3-7,10-11,16,21-23H,8-9,12-13H2,1-2H3. The lowest BCUT2D eigenvalue weighted by Gasteiger charge is -2.33. The molecule has 4 nitrogen and oxygen atoms in total. The van der Waals surface area contributed by atoms with Gasteiger partial charge >= 0.3 is 0 Å². The number of benzene rings is 2. The van der Waals surface area contributed by atoms with Crippen LogP contribution in [-0.2, 0) is 6.54 Å². The van der Waals surface area contributed by atoms with Crippen LogP contribution in [0.25, 0.3) is 10.2 Å². The Kier molecular flexibility index (Phi) is 4.38. The maximum atomic E-state index is 5.68. The van der Waals surface area contributed by atoms with Crippen LogP contribution in [0.5, 0.6) is 5.75 Å². The monoisotopic (exact) mass is 379 g/mol. The smallest absolute Gasteiger partial charge is 0.124 e. The maximum Gasteiger partial charge on any atom is 0.124 e. The molecule has 1 N–H and O–H groups in total. The number of hydrogen-bond donors (Lipinski definition) is 1. The number of aryl methyl sites for hydroxylation is 1. The molecule has 1 aromatic heterocycles. The second-order valence-corrected chi connectivity index (χ2v) is 8.91. The van der Waals surface area contributed by atoms with Crippen LogP contribution in [-0.4, -0.2) is 36.1 Å². The lowest BCUT2D eigenvalue weighted by atomic mass is 9.89. The van der Waals surface area contributed by atoms with E-state index in [0.29, 0.717) is 12.1 Å². The van der Waals surface area contributed by atoms with E-state index in [-0.39, 0.29) is 0 Å². The molecular formula is C22H25N3OS. The van der Waals surface area contributed by atoms with Crippen LogP contribution >= 0.6 is 11.3 Å². The van der Waals surface area contributed by atoms with Gasteiger partial charge in [0.1, 0.15) is 5.75 Å². The minimum absolute atomic E-state index is 0.473. The number of hydrogen-bond acceptors (Lipinski definition) is 5. The molecule has 4 atom stereocenters. The van der Waals surface area contributed by atoms with E-state index in [0.717, 1.165) is 28.7 Å². The molecule has 0 spiro atoms. The van der Waals surface area contributed by atoms with E-state index in [9.17, 15) is 0 Å². The highest BCUT2D eigenvalue weighted by molar-refractivity contribution is 7.18. The first-order valence-corrected chi connectivity index (χ1v) is 10.5. The van der Waals surface area contributed by atoms with Gasteiger partial charge in [-0.2, -0.15) is 0 Å². The van der Waals surface area contributed by atoms with E-state index in [1.165, 1.54) is 35.3 Å². The lowest BCUT2D eigenvalue weighted by molar-refractivity contribution is 0.217. The zero-order valence-electron chi connectivity index (χ0n) is 15.8. The van der Waals surface area contributed by atoms with Crippen LogP contribution in [0.4, 0.5) is 0 Å². The molecule has 2 aromatic carbocycles. The summed E-state index contributed by atoms with van der Waals surface area (Å²) in [5, 5.41) is 4.98. The molecule has 5 rings (SSSR count). The van der Waals surface area contributed by atoms with Gasteiger partial charge < -0.3 is 10.1 Å². The van der Waals surface area contributed by atoms with Gasteiger partial charge in [-0.25, -0.2) is 4.98 Å². The molecule has 0 radical (unpaired) electrons. The largest absolute Gasteiger partial charge is 0.496 e. The second kappa shape index (κ2) is 6.89. The number of fused-ring (bicyclic) bond motifs is 3. The molecule has 4 unspecified atom stereocenters. The Labute approximate surface area is 164 Å². The van der Waals surface area contributed by atoms with Gasteiger partial charge in [-0.3, -0.25) is 4.90 Å². The molecule has 2 aliphatic rings. The molecule has 2 aliphatic heterocycles. The van der Waals surface area contributed by atoms with Crippen molar-refractivity contribution in [1.29, 1.82) is 0 Å². The summed E-state index contributed by atoms with van der Waals surface area (Å²) in [4.78, 5) is 7.30. The summed E-state index contributed by atoms with van der Waals surface area (Å²) in [6.45, 7) is 5.30. The third kappa shape index (κ3) is 3.04. The zero-order valence-corrected chi connectivity index (χ0v) is 16.6. The van der Waals surface area contributed by atoms with E-state index < -0.39 is 0 Å². The summed E-state index contributed by atoms with van der Waals surface area (Å²) in [6, 6.07) is 16.2. The van der Waals surface area contributed by atoms with Gasteiger partial charge in [0.15, 0.2) is 0 Å². The van der Waals surface area contributed by atoms with Gasteiger partial charge in [0.2, 0.25) is 0 Å². The van der Waals surface area contributed by atoms with Gasteiger partial charge in [-0.1, -0.05) is 30.3 Å². The van der Waals surface area contributed by atoms with Gasteiger partial charge in [-0.05, 0) is 43.5 Å². The second-order valence-electron chi connectivity index (χ2n) is 7.67. The number of piperidine rings is 1. The van der Waals surface area contributed by atoms with Crippen LogP contribution < -0.4 is 10.1 Å². The first kappa shape index (κ1) is 17.2. The third-order valence-corrected chi connectivity index (χ3v) is 7.00. The van der Waals surface area contributed by atoms with Crippen LogP contribution in [0, 0.1) is 12.8 Å². The summed E-state index contributed by atoms with van der Waals surface area (Å²) in [5.41, 5.74) is 3.70. The minimum Gasteiger partial charge on any atom is -0.496 e. The highest BCUT2D eigenvalue weighted by Gasteiger charge is 2.46. The topological polar surface area (TPSA) is 37.4 Å². The zero-order chi connectivity index (χ0) is 18.4. The number of thiazole rings is 1. The quantitative estimate of drug-likeness (QED) is 0.723. The van der Waals surface area contributed by atoms with Gasteiger partial charge in [0.05, 0.1) is 28.4 Å².